The highest BCUT2D eigenvalue weighted by Crippen LogP contribution is 2.36. The molecule has 0 saturated carbocycles. The summed E-state index contributed by atoms with van der Waals surface area (Å²) in [5.74, 6) is -0.362. The summed E-state index contributed by atoms with van der Waals surface area (Å²) in [7, 11) is 1.66. The Bertz CT molecular complexity index is 923. The first-order valence-electron chi connectivity index (χ1n) is 8.05. The van der Waals surface area contributed by atoms with Crippen LogP contribution in [-0.4, -0.2) is 39.9 Å². The molecule has 3 rings (SSSR count). The number of likely N-dealkylation sites (N-methyl/N-ethyl adjacent to an activating group) is 1. The number of thiocarbonyl (C=S) groups is 1. The monoisotopic (exact) mass is 387 g/mol. The maximum atomic E-state index is 12.3. The van der Waals surface area contributed by atoms with Gasteiger partial charge in [0.15, 0.2) is 0 Å². The third-order valence-corrected chi connectivity index (χ3v) is 5.47. The van der Waals surface area contributed by atoms with E-state index in [4.69, 9.17) is 22.1 Å². The molecule has 0 radical (unpaired) electrons. The Morgan fingerprint density at radius 3 is 2.77 bits per heavy atom. The number of nitrogens with zero attached hydrogens (tertiary/aromatic N) is 1. The van der Waals surface area contributed by atoms with Crippen LogP contribution in [0.4, 0.5) is 0 Å². The fourth-order valence-corrected chi connectivity index (χ4v) is 3.79. The molecular weight excluding hydrogens is 370 g/mol. The van der Waals surface area contributed by atoms with Gasteiger partial charge in [-0.25, -0.2) is 0 Å². The molecule has 1 N–H and O–H groups in total. The Hall–Kier alpha value is -2.38. The van der Waals surface area contributed by atoms with Gasteiger partial charge in [0, 0.05) is 19.0 Å². The van der Waals surface area contributed by atoms with Crippen LogP contribution in [-0.2, 0) is 9.59 Å². The van der Waals surface area contributed by atoms with Crippen molar-refractivity contribution in [2.24, 2.45) is 0 Å². The Morgan fingerprint density at radius 1 is 1.31 bits per heavy atom. The van der Waals surface area contributed by atoms with Crippen molar-refractivity contribution >= 4 is 57.0 Å². The Labute approximate surface area is 160 Å². The van der Waals surface area contributed by atoms with Gasteiger partial charge >= 0.3 is 5.97 Å². The highest BCUT2D eigenvalue weighted by molar-refractivity contribution is 8.26. The van der Waals surface area contributed by atoms with E-state index in [0.717, 1.165) is 16.3 Å². The van der Waals surface area contributed by atoms with E-state index in [1.807, 2.05) is 36.4 Å². The quantitative estimate of drug-likeness (QED) is 0.460. The van der Waals surface area contributed by atoms with E-state index in [9.17, 15) is 9.59 Å². The lowest BCUT2D eigenvalue weighted by molar-refractivity contribution is -0.137. The molecule has 1 heterocycles. The summed E-state index contributed by atoms with van der Waals surface area (Å²) in [4.78, 5) is 25.0. The van der Waals surface area contributed by atoms with Gasteiger partial charge in [-0.15, -0.1) is 0 Å². The van der Waals surface area contributed by atoms with Crippen LogP contribution in [0.25, 0.3) is 16.8 Å². The van der Waals surface area contributed by atoms with Gasteiger partial charge in [-0.05, 0) is 29.3 Å². The van der Waals surface area contributed by atoms with Gasteiger partial charge in [0.05, 0.1) is 11.5 Å². The largest absolute Gasteiger partial charge is 0.493 e. The molecule has 7 heteroatoms. The molecule has 1 aliphatic heterocycles. The van der Waals surface area contributed by atoms with Gasteiger partial charge in [0.1, 0.15) is 10.1 Å². The smallest absolute Gasteiger partial charge is 0.303 e. The minimum atomic E-state index is -0.848. The third kappa shape index (κ3) is 3.89. The molecule has 1 fully saturated rings. The molecule has 0 aliphatic carbocycles. The van der Waals surface area contributed by atoms with Crippen LogP contribution in [0.15, 0.2) is 41.3 Å². The maximum Gasteiger partial charge on any atom is 0.303 e. The number of ether oxygens (including phenoxy) is 1. The number of fused-ring (bicyclic) bond motifs is 1. The SMILES string of the molecule is CN1C(=O)/C(=C/c2c(OCCCC(=O)O)ccc3ccccc23)SC1=S. The zero-order chi connectivity index (χ0) is 18.7. The van der Waals surface area contributed by atoms with E-state index < -0.39 is 5.97 Å². The van der Waals surface area contributed by atoms with Crippen LogP contribution in [0, 0.1) is 0 Å². The van der Waals surface area contributed by atoms with Gasteiger partial charge in [-0.3, -0.25) is 14.5 Å². The van der Waals surface area contributed by atoms with Crippen molar-refractivity contribution < 1.29 is 19.4 Å². The zero-order valence-corrected chi connectivity index (χ0v) is 15.7. The van der Waals surface area contributed by atoms with E-state index in [1.54, 1.807) is 13.1 Å². The van der Waals surface area contributed by atoms with Crippen molar-refractivity contribution in [1.29, 1.82) is 0 Å². The van der Waals surface area contributed by atoms with E-state index in [2.05, 4.69) is 0 Å². The number of carboxylic acids is 1. The second-order valence-corrected chi connectivity index (χ2v) is 7.46. The van der Waals surface area contributed by atoms with Crippen molar-refractivity contribution in [2.45, 2.75) is 12.8 Å². The number of carboxylic acid groups (broad SMARTS) is 1. The standard InChI is InChI=1S/C19H17NO4S2/c1-20-18(23)16(26-19(20)25)11-14-13-6-3-2-5-12(13)8-9-15(14)24-10-4-7-17(21)22/h2-3,5-6,8-9,11H,4,7,10H2,1H3,(H,21,22)/b16-11-. The average molecular weight is 387 g/mol. The summed E-state index contributed by atoms with van der Waals surface area (Å²) >= 11 is 6.45. The van der Waals surface area contributed by atoms with Crippen molar-refractivity contribution in [1.82, 2.24) is 4.90 Å². The topological polar surface area (TPSA) is 66.8 Å². The second kappa shape index (κ2) is 7.88. The van der Waals surface area contributed by atoms with Gasteiger partial charge < -0.3 is 9.84 Å². The zero-order valence-electron chi connectivity index (χ0n) is 14.1. The number of amides is 1. The molecule has 0 aromatic heterocycles. The average Bonchev–Trinajstić information content (AvgIpc) is 2.87. The number of hydrogen-bond donors (Lipinski definition) is 1. The number of thioether (sulfide) groups is 1. The molecule has 134 valence electrons. The maximum absolute atomic E-state index is 12.3. The summed E-state index contributed by atoms with van der Waals surface area (Å²) in [5.41, 5.74) is 0.798. The molecule has 1 aliphatic rings. The molecule has 0 spiro atoms. The van der Waals surface area contributed by atoms with Crippen LogP contribution >= 0.6 is 24.0 Å². The summed E-state index contributed by atoms with van der Waals surface area (Å²) in [5, 5.41) is 10.7. The molecule has 26 heavy (non-hydrogen) atoms. The number of carbonyl (C=O) groups is 2. The second-order valence-electron chi connectivity index (χ2n) is 5.78. The van der Waals surface area contributed by atoms with Crippen molar-refractivity contribution in [2.75, 3.05) is 13.7 Å². The third-order valence-electron chi connectivity index (χ3n) is 3.99. The summed E-state index contributed by atoms with van der Waals surface area (Å²) in [6.45, 7) is 0.292. The predicted octanol–water partition coefficient (Wildman–Crippen LogP) is 3.91. The molecular formula is C19H17NO4S2. The van der Waals surface area contributed by atoms with Crippen molar-refractivity contribution in [3.05, 3.63) is 46.9 Å². The summed E-state index contributed by atoms with van der Waals surface area (Å²) in [6.07, 6.45) is 2.27. The Kier molecular flexibility index (Phi) is 5.58. The lowest BCUT2D eigenvalue weighted by Crippen LogP contribution is -2.22. The summed E-state index contributed by atoms with van der Waals surface area (Å²) in [6, 6.07) is 11.6. The molecule has 1 amide bonds. The fourth-order valence-electron chi connectivity index (χ4n) is 2.63. The number of benzene rings is 2. The Morgan fingerprint density at radius 2 is 2.08 bits per heavy atom. The van der Waals surface area contributed by atoms with Crippen LogP contribution in [0.2, 0.25) is 0 Å². The molecule has 2 aromatic rings. The number of rotatable bonds is 6. The molecule has 0 atom stereocenters. The van der Waals surface area contributed by atoms with Crippen LogP contribution < -0.4 is 4.74 Å². The van der Waals surface area contributed by atoms with Gasteiger partial charge in [-0.1, -0.05) is 54.3 Å². The first-order chi connectivity index (χ1) is 12.5. The normalized spacial score (nSPS) is 15.9. The molecule has 0 unspecified atom stereocenters. The number of hydrogen-bond acceptors (Lipinski definition) is 5. The van der Waals surface area contributed by atoms with E-state index in [-0.39, 0.29) is 12.3 Å². The number of carbonyl (C=O) groups excluding carboxylic acids is 1. The van der Waals surface area contributed by atoms with E-state index in [0.29, 0.717) is 28.0 Å². The van der Waals surface area contributed by atoms with E-state index in [1.165, 1.54) is 16.7 Å². The molecule has 0 bridgehead atoms. The highest BCUT2D eigenvalue weighted by Gasteiger charge is 2.29. The van der Waals surface area contributed by atoms with Gasteiger partial charge in [0.2, 0.25) is 0 Å². The molecule has 1 saturated heterocycles. The predicted molar refractivity (Wildman–Crippen MR) is 107 cm³/mol. The van der Waals surface area contributed by atoms with Gasteiger partial charge in [0.25, 0.3) is 5.91 Å². The minimum Gasteiger partial charge on any atom is -0.493 e. The minimum absolute atomic E-state index is 0.0530. The first-order valence-corrected chi connectivity index (χ1v) is 9.28. The first kappa shape index (κ1) is 18.4. The van der Waals surface area contributed by atoms with Crippen LogP contribution in [0.1, 0.15) is 18.4 Å². The highest BCUT2D eigenvalue weighted by atomic mass is 32.2. The van der Waals surface area contributed by atoms with Crippen LogP contribution in [0.3, 0.4) is 0 Å². The molecule has 2 aromatic carbocycles. The number of aliphatic carboxylic acids is 1. The lowest BCUT2D eigenvalue weighted by atomic mass is 10.0. The Balaban J connectivity index is 1.98. The molecule has 5 nitrogen and oxygen atoms in total. The lowest BCUT2D eigenvalue weighted by Gasteiger charge is -2.12. The van der Waals surface area contributed by atoms with Crippen molar-refractivity contribution in [3.8, 4) is 5.75 Å². The van der Waals surface area contributed by atoms with Gasteiger partial charge in [-0.2, -0.15) is 0 Å². The van der Waals surface area contributed by atoms with Crippen LogP contribution in [0.5, 0.6) is 5.75 Å². The van der Waals surface area contributed by atoms with Crippen molar-refractivity contribution in [3.63, 3.8) is 0 Å². The summed E-state index contributed by atoms with van der Waals surface area (Å²) < 4.78 is 6.34. The fraction of sp³-hybridized carbons (Fsp3) is 0.211. The van der Waals surface area contributed by atoms with E-state index >= 15 is 0 Å².